The van der Waals surface area contributed by atoms with Gasteiger partial charge in [0, 0.05) is 32.9 Å². The highest BCUT2D eigenvalue weighted by Gasteiger charge is 2.20. The lowest BCUT2D eigenvalue weighted by atomic mass is 10.0. The van der Waals surface area contributed by atoms with Gasteiger partial charge in [-0.1, -0.05) is 109 Å². The van der Waals surface area contributed by atoms with Crippen molar-refractivity contribution in [3.8, 4) is 33.6 Å². The highest BCUT2D eigenvalue weighted by Crippen LogP contribution is 2.41. The molecule has 0 spiro atoms. The molecule has 0 bridgehead atoms. The monoisotopic (exact) mass is 622 g/mol. The first-order valence-corrected chi connectivity index (χ1v) is 17.1. The fourth-order valence-corrected chi connectivity index (χ4v) is 8.45. The van der Waals surface area contributed by atoms with Gasteiger partial charge in [0.1, 0.15) is 0 Å². The molecule has 0 atom stereocenters. The van der Waals surface area contributed by atoms with Gasteiger partial charge in [-0.05, 0) is 111 Å². The quantitative estimate of drug-likeness (QED) is 0.186. The third kappa shape index (κ3) is 3.89. The first-order valence-electron chi connectivity index (χ1n) is 17.1. The molecule has 1 aliphatic carbocycles. The van der Waals surface area contributed by atoms with E-state index in [1.165, 1.54) is 99.1 Å². The number of para-hydroxylation sites is 2. The molecule has 2 aromatic heterocycles. The molecule has 11 rings (SSSR count). The van der Waals surface area contributed by atoms with E-state index in [0.717, 1.165) is 6.42 Å². The Labute approximate surface area is 283 Å². The van der Waals surface area contributed by atoms with Crippen LogP contribution in [0.2, 0.25) is 0 Å². The minimum atomic E-state index is 0.986. The van der Waals surface area contributed by atoms with Crippen molar-refractivity contribution >= 4 is 54.4 Å². The van der Waals surface area contributed by atoms with Gasteiger partial charge in [0.15, 0.2) is 0 Å². The lowest BCUT2D eigenvalue weighted by molar-refractivity contribution is 1.16. The summed E-state index contributed by atoms with van der Waals surface area (Å²) in [6.45, 7) is 0. The Morgan fingerprint density at radius 3 is 1.57 bits per heavy atom. The Morgan fingerprint density at radius 1 is 0.327 bits per heavy atom. The normalized spacial score (nSPS) is 12.4. The second-order valence-electron chi connectivity index (χ2n) is 13.4. The van der Waals surface area contributed by atoms with Gasteiger partial charge in [0.25, 0.3) is 0 Å². The molecule has 0 N–H and O–H groups in total. The van der Waals surface area contributed by atoms with Crippen LogP contribution in [0.1, 0.15) is 11.1 Å². The molecule has 0 aliphatic heterocycles. The Hall–Kier alpha value is -6.38. The van der Waals surface area contributed by atoms with E-state index in [1.807, 2.05) is 0 Å². The summed E-state index contributed by atoms with van der Waals surface area (Å²) >= 11 is 0. The van der Waals surface area contributed by atoms with Gasteiger partial charge in [-0.25, -0.2) is 0 Å². The van der Waals surface area contributed by atoms with Crippen LogP contribution in [0.25, 0.3) is 88.0 Å². The van der Waals surface area contributed by atoms with Gasteiger partial charge >= 0.3 is 0 Å². The predicted molar refractivity (Wildman–Crippen MR) is 206 cm³/mol. The van der Waals surface area contributed by atoms with Crippen molar-refractivity contribution in [3.63, 3.8) is 0 Å². The Morgan fingerprint density at radius 2 is 0.857 bits per heavy atom. The van der Waals surface area contributed by atoms with Crippen molar-refractivity contribution in [2.45, 2.75) is 6.42 Å². The van der Waals surface area contributed by atoms with Crippen molar-refractivity contribution in [3.05, 3.63) is 181 Å². The van der Waals surface area contributed by atoms with Gasteiger partial charge in [-0.15, -0.1) is 0 Å². The maximum atomic E-state index is 2.44. The van der Waals surface area contributed by atoms with Gasteiger partial charge in [0.2, 0.25) is 0 Å². The summed E-state index contributed by atoms with van der Waals surface area (Å²) in [5, 5.41) is 7.59. The van der Waals surface area contributed by atoms with E-state index >= 15 is 0 Å². The van der Waals surface area contributed by atoms with Crippen LogP contribution >= 0.6 is 0 Å². The van der Waals surface area contributed by atoms with Crippen LogP contribution < -0.4 is 0 Å². The zero-order valence-corrected chi connectivity index (χ0v) is 26.8. The van der Waals surface area contributed by atoms with Crippen molar-refractivity contribution in [2.75, 3.05) is 0 Å². The maximum Gasteiger partial charge on any atom is 0.0541 e. The number of fused-ring (bicyclic) bond motifs is 10. The summed E-state index contributed by atoms with van der Waals surface area (Å²) < 4.78 is 4.85. The Kier molecular flexibility index (Phi) is 5.47. The SMILES string of the molecule is c1ccc2c(c1)Cc1cc(-n3c4ccccc4c4cc(-c5ccc6c(c5)c5ccccc5n6-c5ccc6ccccc6c5)ccc43)ccc1-2. The van der Waals surface area contributed by atoms with Crippen LogP contribution in [0, 0.1) is 0 Å². The Balaban J connectivity index is 1.07. The molecule has 0 radical (unpaired) electrons. The smallest absolute Gasteiger partial charge is 0.0541 e. The molecule has 0 saturated carbocycles. The molecule has 2 heterocycles. The summed E-state index contributed by atoms with van der Waals surface area (Å²) in [7, 11) is 0. The summed E-state index contributed by atoms with van der Waals surface area (Å²) in [6.07, 6.45) is 0.986. The highest BCUT2D eigenvalue weighted by atomic mass is 15.0. The molecule has 2 heteroatoms. The van der Waals surface area contributed by atoms with Crippen LogP contribution in [0.5, 0.6) is 0 Å². The maximum absolute atomic E-state index is 2.44. The second kappa shape index (κ2) is 10.1. The van der Waals surface area contributed by atoms with Crippen LogP contribution in [0.15, 0.2) is 170 Å². The van der Waals surface area contributed by atoms with Crippen LogP contribution in [-0.4, -0.2) is 9.13 Å². The molecule has 228 valence electrons. The summed E-state index contributed by atoms with van der Waals surface area (Å²) in [5.41, 5.74) is 15.3. The summed E-state index contributed by atoms with van der Waals surface area (Å²) in [6, 6.07) is 62.8. The number of rotatable bonds is 3. The topological polar surface area (TPSA) is 9.86 Å². The van der Waals surface area contributed by atoms with E-state index in [2.05, 4.69) is 179 Å². The summed E-state index contributed by atoms with van der Waals surface area (Å²) in [5.74, 6) is 0. The van der Waals surface area contributed by atoms with E-state index in [-0.39, 0.29) is 0 Å². The first-order chi connectivity index (χ1) is 24.3. The van der Waals surface area contributed by atoms with Crippen molar-refractivity contribution < 1.29 is 0 Å². The number of aromatic nitrogens is 2. The number of hydrogen-bond acceptors (Lipinski definition) is 0. The molecular weight excluding hydrogens is 593 g/mol. The zero-order valence-electron chi connectivity index (χ0n) is 26.8. The highest BCUT2D eigenvalue weighted by molar-refractivity contribution is 6.13. The fraction of sp³-hybridized carbons (Fsp3) is 0.0213. The van der Waals surface area contributed by atoms with Crippen molar-refractivity contribution in [1.82, 2.24) is 9.13 Å². The Bertz CT molecular complexity index is 2970. The molecule has 10 aromatic rings. The third-order valence-corrected chi connectivity index (χ3v) is 10.7. The molecular formula is C47H30N2. The van der Waals surface area contributed by atoms with Gasteiger partial charge in [-0.2, -0.15) is 0 Å². The van der Waals surface area contributed by atoms with Crippen molar-refractivity contribution in [1.29, 1.82) is 0 Å². The average Bonchev–Trinajstić information content (AvgIpc) is 3.81. The average molecular weight is 623 g/mol. The molecule has 0 unspecified atom stereocenters. The molecule has 8 aromatic carbocycles. The lowest BCUT2D eigenvalue weighted by Gasteiger charge is -2.11. The van der Waals surface area contributed by atoms with Gasteiger partial charge < -0.3 is 9.13 Å². The fourth-order valence-electron chi connectivity index (χ4n) is 8.45. The largest absolute Gasteiger partial charge is 0.309 e. The van der Waals surface area contributed by atoms with Gasteiger partial charge in [0.05, 0.1) is 22.1 Å². The standard InChI is InChI=1S/C47H30N2/c1-2-10-31-26-36(20-17-30(31)9-1)48-44-15-7-5-13-40(44)42-28-32(18-23-46(42)48)33-19-24-47-43(29-33)41-14-6-8-16-45(41)49(47)37-21-22-39-35(27-37)25-34-11-3-4-12-38(34)39/h1-24,26-29H,25H2. The molecule has 49 heavy (non-hydrogen) atoms. The first kappa shape index (κ1) is 26.7. The minimum absolute atomic E-state index is 0.986. The predicted octanol–water partition coefficient (Wildman–Crippen LogP) is 12.3. The van der Waals surface area contributed by atoms with E-state index in [9.17, 15) is 0 Å². The molecule has 1 aliphatic rings. The second-order valence-corrected chi connectivity index (χ2v) is 13.4. The lowest BCUT2D eigenvalue weighted by Crippen LogP contribution is -1.95. The molecule has 0 saturated heterocycles. The van der Waals surface area contributed by atoms with Gasteiger partial charge in [-0.3, -0.25) is 0 Å². The number of hydrogen-bond donors (Lipinski definition) is 0. The molecule has 0 amide bonds. The van der Waals surface area contributed by atoms with Crippen LogP contribution in [0.4, 0.5) is 0 Å². The van der Waals surface area contributed by atoms with Crippen LogP contribution in [-0.2, 0) is 6.42 Å². The van der Waals surface area contributed by atoms with Crippen LogP contribution in [0.3, 0.4) is 0 Å². The molecule has 2 nitrogen and oxygen atoms in total. The van der Waals surface area contributed by atoms with E-state index in [1.54, 1.807) is 0 Å². The molecule has 0 fully saturated rings. The zero-order chi connectivity index (χ0) is 32.1. The van der Waals surface area contributed by atoms with E-state index < -0.39 is 0 Å². The third-order valence-electron chi connectivity index (χ3n) is 10.7. The minimum Gasteiger partial charge on any atom is -0.309 e. The van der Waals surface area contributed by atoms with E-state index in [4.69, 9.17) is 0 Å². The summed E-state index contributed by atoms with van der Waals surface area (Å²) in [4.78, 5) is 0. The van der Waals surface area contributed by atoms with E-state index in [0.29, 0.717) is 0 Å². The number of nitrogens with zero attached hydrogens (tertiary/aromatic N) is 2. The van der Waals surface area contributed by atoms with Crippen molar-refractivity contribution in [2.24, 2.45) is 0 Å². The number of benzene rings is 8.